The summed E-state index contributed by atoms with van der Waals surface area (Å²) in [4.78, 5) is 11.4. The second kappa shape index (κ2) is 3.72. The van der Waals surface area contributed by atoms with Crippen molar-refractivity contribution in [2.45, 2.75) is 32.6 Å². The molecular weight excluding hydrogens is 140 g/mol. The molecule has 64 valence electrons. The normalized spacial score (nSPS) is 26.9. The lowest BCUT2D eigenvalue weighted by atomic mass is 10.0. The van der Waals surface area contributed by atoms with Gasteiger partial charge in [0.05, 0.1) is 0 Å². The molecule has 1 fully saturated rings. The Kier molecular flexibility index (Phi) is 2.88. The van der Waals surface area contributed by atoms with E-state index >= 15 is 0 Å². The van der Waals surface area contributed by atoms with Gasteiger partial charge in [-0.2, -0.15) is 0 Å². The van der Waals surface area contributed by atoms with Crippen LogP contribution in [-0.4, -0.2) is 17.5 Å². The number of carbonyl (C=O) groups is 1. The van der Waals surface area contributed by atoms with Gasteiger partial charge < -0.3 is 0 Å². The van der Waals surface area contributed by atoms with Crippen LogP contribution in [0.5, 0.6) is 0 Å². The summed E-state index contributed by atoms with van der Waals surface area (Å²) in [6.07, 6.45) is 4.13. The van der Waals surface area contributed by atoms with E-state index in [0.29, 0.717) is 0 Å². The highest BCUT2D eigenvalue weighted by Gasteiger charge is 2.22. The van der Waals surface area contributed by atoms with Crippen molar-refractivity contribution in [3.8, 4) is 0 Å². The molecule has 0 spiro atoms. The molecular formula is C8H16N2O. The number of carbonyl (C=O) groups excluding carboxylic acids is 1. The molecule has 1 saturated heterocycles. The fourth-order valence-electron chi connectivity index (χ4n) is 1.52. The van der Waals surface area contributed by atoms with Gasteiger partial charge in [-0.15, -0.1) is 0 Å². The van der Waals surface area contributed by atoms with Gasteiger partial charge in [0.25, 0.3) is 0 Å². The predicted molar refractivity (Wildman–Crippen MR) is 43.5 cm³/mol. The summed E-state index contributed by atoms with van der Waals surface area (Å²) in [6.45, 7) is 2.77. The SMILES string of the molecule is CCC1CCCCN(N)C1=O. The fourth-order valence-corrected chi connectivity index (χ4v) is 1.52. The first kappa shape index (κ1) is 8.53. The summed E-state index contributed by atoms with van der Waals surface area (Å²) in [6, 6.07) is 0. The van der Waals surface area contributed by atoms with Crippen molar-refractivity contribution in [2.75, 3.05) is 6.54 Å². The van der Waals surface area contributed by atoms with E-state index in [0.717, 1.165) is 32.2 Å². The third-order valence-corrected chi connectivity index (χ3v) is 2.33. The number of hydrazine groups is 1. The second-order valence-electron chi connectivity index (χ2n) is 3.13. The van der Waals surface area contributed by atoms with Crippen molar-refractivity contribution >= 4 is 5.91 Å². The summed E-state index contributed by atoms with van der Waals surface area (Å²) < 4.78 is 0. The molecule has 0 bridgehead atoms. The first-order valence-corrected chi connectivity index (χ1v) is 4.31. The Labute approximate surface area is 67.5 Å². The van der Waals surface area contributed by atoms with E-state index in [-0.39, 0.29) is 11.8 Å². The Morgan fingerprint density at radius 2 is 2.36 bits per heavy atom. The van der Waals surface area contributed by atoms with Gasteiger partial charge in [-0.25, -0.2) is 5.84 Å². The van der Waals surface area contributed by atoms with Crippen LogP contribution in [0.3, 0.4) is 0 Å². The monoisotopic (exact) mass is 156 g/mol. The highest BCUT2D eigenvalue weighted by atomic mass is 16.2. The van der Waals surface area contributed by atoms with Crippen LogP contribution in [0.25, 0.3) is 0 Å². The van der Waals surface area contributed by atoms with Gasteiger partial charge >= 0.3 is 0 Å². The van der Waals surface area contributed by atoms with Crippen LogP contribution < -0.4 is 5.84 Å². The Balaban J connectivity index is 2.56. The minimum absolute atomic E-state index is 0.130. The number of nitrogens with two attached hydrogens (primary N) is 1. The molecule has 0 radical (unpaired) electrons. The number of hydrogen-bond acceptors (Lipinski definition) is 2. The third kappa shape index (κ3) is 1.93. The molecule has 0 aromatic heterocycles. The first-order chi connectivity index (χ1) is 5.25. The molecule has 0 aromatic carbocycles. The molecule has 1 unspecified atom stereocenters. The Morgan fingerprint density at radius 1 is 1.64 bits per heavy atom. The third-order valence-electron chi connectivity index (χ3n) is 2.33. The molecule has 1 atom stereocenters. The van der Waals surface area contributed by atoms with E-state index in [4.69, 9.17) is 5.84 Å². The van der Waals surface area contributed by atoms with Crippen LogP contribution >= 0.6 is 0 Å². The van der Waals surface area contributed by atoms with E-state index in [2.05, 4.69) is 0 Å². The standard InChI is InChI=1S/C8H16N2O/c1-2-7-5-3-4-6-10(9)8(7)11/h7H,2-6,9H2,1H3. The molecule has 1 amide bonds. The van der Waals surface area contributed by atoms with Crippen molar-refractivity contribution in [1.82, 2.24) is 5.01 Å². The van der Waals surface area contributed by atoms with Crippen LogP contribution in [0.2, 0.25) is 0 Å². The quantitative estimate of drug-likeness (QED) is 0.453. The van der Waals surface area contributed by atoms with E-state index in [1.807, 2.05) is 6.92 Å². The number of nitrogens with zero attached hydrogens (tertiary/aromatic N) is 1. The lowest BCUT2D eigenvalue weighted by molar-refractivity contribution is -0.135. The Morgan fingerprint density at radius 3 is 3.00 bits per heavy atom. The molecule has 1 aliphatic rings. The maximum absolute atomic E-state index is 11.4. The van der Waals surface area contributed by atoms with E-state index in [9.17, 15) is 4.79 Å². The largest absolute Gasteiger partial charge is 0.280 e. The minimum atomic E-state index is 0.130. The highest BCUT2D eigenvalue weighted by Crippen LogP contribution is 2.18. The van der Waals surface area contributed by atoms with Crippen LogP contribution in [-0.2, 0) is 4.79 Å². The average Bonchev–Trinajstić information content (AvgIpc) is 2.16. The zero-order chi connectivity index (χ0) is 8.27. The molecule has 0 aliphatic carbocycles. The summed E-state index contributed by atoms with van der Waals surface area (Å²) in [5, 5.41) is 1.38. The predicted octanol–water partition coefficient (Wildman–Crippen LogP) is 0.899. The lowest BCUT2D eigenvalue weighted by Gasteiger charge is -2.17. The zero-order valence-electron chi connectivity index (χ0n) is 7.05. The molecule has 3 nitrogen and oxygen atoms in total. The van der Waals surface area contributed by atoms with Gasteiger partial charge in [0, 0.05) is 12.5 Å². The van der Waals surface area contributed by atoms with Crippen LogP contribution in [0.1, 0.15) is 32.6 Å². The van der Waals surface area contributed by atoms with E-state index in [1.165, 1.54) is 5.01 Å². The van der Waals surface area contributed by atoms with Crippen LogP contribution in [0.15, 0.2) is 0 Å². The van der Waals surface area contributed by atoms with Crippen molar-refractivity contribution in [3.63, 3.8) is 0 Å². The first-order valence-electron chi connectivity index (χ1n) is 4.31. The summed E-state index contributed by atoms with van der Waals surface area (Å²) in [5.41, 5.74) is 0. The van der Waals surface area contributed by atoms with E-state index < -0.39 is 0 Å². The highest BCUT2D eigenvalue weighted by molar-refractivity contribution is 5.78. The molecule has 1 heterocycles. The van der Waals surface area contributed by atoms with Crippen molar-refractivity contribution in [3.05, 3.63) is 0 Å². The average molecular weight is 156 g/mol. The van der Waals surface area contributed by atoms with Crippen LogP contribution in [0, 0.1) is 5.92 Å². The molecule has 0 aromatic rings. The van der Waals surface area contributed by atoms with Gasteiger partial charge in [0.15, 0.2) is 0 Å². The smallest absolute Gasteiger partial charge is 0.239 e. The summed E-state index contributed by atoms with van der Waals surface area (Å²) in [5.74, 6) is 5.84. The summed E-state index contributed by atoms with van der Waals surface area (Å²) >= 11 is 0. The molecule has 3 heteroatoms. The molecule has 11 heavy (non-hydrogen) atoms. The number of rotatable bonds is 1. The maximum atomic E-state index is 11.4. The zero-order valence-corrected chi connectivity index (χ0v) is 7.05. The summed E-state index contributed by atoms with van der Waals surface area (Å²) in [7, 11) is 0. The molecule has 1 rings (SSSR count). The van der Waals surface area contributed by atoms with Gasteiger partial charge in [-0.05, 0) is 19.3 Å². The molecule has 0 saturated carbocycles. The minimum Gasteiger partial charge on any atom is -0.280 e. The van der Waals surface area contributed by atoms with Crippen molar-refractivity contribution in [2.24, 2.45) is 11.8 Å². The number of amides is 1. The maximum Gasteiger partial charge on any atom is 0.239 e. The van der Waals surface area contributed by atoms with Crippen molar-refractivity contribution in [1.29, 1.82) is 0 Å². The van der Waals surface area contributed by atoms with Gasteiger partial charge in [0.2, 0.25) is 5.91 Å². The number of hydrogen-bond donors (Lipinski definition) is 1. The lowest BCUT2D eigenvalue weighted by Crippen LogP contribution is -2.40. The Bertz CT molecular complexity index is 147. The Hall–Kier alpha value is -0.570. The van der Waals surface area contributed by atoms with Crippen LogP contribution in [0.4, 0.5) is 0 Å². The van der Waals surface area contributed by atoms with Crippen molar-refractivity contribution < 1.29 is 4.79 Å². The molecule has 1 aliphatic heterocycles. The molecule has 2 N–H and O–H groups in total. The van der Waals surface area contributed by atoms with Gasteiger partial charge in [0.1, 0.15) is 0 Å². The fraction of sp³-hybridized carbons (Fsp3) is 0.875. The second-order valence-corrected chi connectivity index (χ2v) is 3.13. The topological polar surface area (TPSA) is 46.3 Å². The van der Waals surface area contributed by atoms with Gasteiger partial charge in [-0.3, -0.25) is 9.80 Å². The van der Waals surface area contributed by atoms with Gasteiger partial charge in [-0.1, -0.05) is 13.3 Å². The van der Waals surface area contributed by atoms with E-state index in [1.54, 1.807) is 0 Å².